The van der Waals surface area contributed by atoms with Crippen molar-refractivity contribution < 1.29 is 9.59 Å². The maximum atomic E-state index is 11.6. The summed E-state index contributed by atoms with van der Waals surface area (Å²) in [5.41, 5.74) is -0.549. The zero-order chi connectivity index (χ0) is 9.78. The monoisotopic (exact) mass is 171 g/mol. The average Bonchev–Trinajstić information content (AvgIpc) is 2.01. The first-order valence-electron chi connectivity index (χ1n) is 4.15. The van der Waals surface area contributed by atoms with Crippen molar-refractivity contribution in [3.8, 4) is 0 Å². The van der Waals surface area contributed by atoms with E-state index >= 15 is 0 Å². The molecule has 0 aromatic rings. The predicted molar refractivity (Wildman–Crippen MR) is 47.8 cm³/mol. The summed E-state index contributed by atoms with van der Waals surface area (Å²) in [6.07, 6.45) is 1.08. The van der Waals surface area contributed by atoms with Crippen LogP contribution in [0.5, 0.6) is 0 Å². The molecule has 0 spiro atoms. The minimum atomic E-state index is -0.549. The molecule has 0 heterocycles. The molecule has 0 radical (unpaired) electrons. The molecule has 0 unspecified atom stereocenters. The van der Waals surface area contributed by atoms with Crippen LogP contribution in [0.3, 0.4) is 0 Å². The molecule has 0 aliphatic rings. The van der Waals surface area contributed by atoms with Crippen LogP contribution >= 0.6 is 0 Å². The van der Waals surface area contributed by atoms with Crippen LogP contribution < -0.4 is 0 Å². The van der Waals surface area contributed by atoms with E-state index < -0.39 is 5.41 Å². The van der Waals surface area contributed by atoms with Crippen LogP contribution in [0.1, 0.15) is 27.2 Å². The van der Waals surface area contributed by atoms with Crippen LogP contribution in [-0.2, 0) is 9.59 Å². The van der Waals surface area contributed by atoms with E-state index in [0.717, 1.165) is 6.29 Å². The summed E-state index contributed by atoms with van der Waals surface area (Å²) in [6.45, 7) is 6.17. The summed E-state index contributed by atoms with van der Waals surface area (Å²) in [5, 5.41) is 0. The van der Waals surface area contributed by atoms with Crippen LogP contribution in [0.25, 0.3) is 0 Å². The van der Waals surface area contributed by atoms with Crippen LogP contribution in [0.15, 0.2) is 0 Å². The molecular weight excluding hydrogens is 154 g/mol. The third-order valence-electron chi connectivity index (χ3n) is 1.99. The summed E-state index contributed by atoms with van der Waals surface area (Å²) in [4.78, 5) is 23.4. The minimum Gasteiger partial charge on any atom is -0.346 e. The molecule has 0 bridgehead atoms. The number of hydrogen-bond acceptors (Lipinski definition) is 2. The van der Waals surface area contributed by atoms with Crippen molar-refractivity contribution in [3.63, 3.8) is 0 Å². The Kier molecular flexibility index (Phi) is 3.93. The molecule has 0 aromatic heterocycles. The second kappa shape index (κ2) is 4.24. The van der Waals surface area contributed by atoms with Crippen molar-refractivity contribution in [2.45, 2.75) is 27.2 Å². The van der Waals surface area contributed by atoms with E-state index in [-0.39, 0.29) is 12.3 Å². The summed E-state index contributed by atoms with van der Waals surface area (Å²) in [5.74, 6) is 0.0251. The normalized spacial score (nSPS) is 11.0. The lowest BCUT2D eigenvalue weighted by Crippen LogP contribution is -2.38. The minimum absolute atomic E-state index is 0.0251. The van der Waals surface area contributed by atoms with Gasteiger partial charge in [0, 0.05) is 20.0 Å². The molecule has 0 rings (SSSR count). The summed E-state index contributed by atoms with van der Waals surface area (Å²) in [6, 6.07) is 0. The molecule has 0 saturated heterocycles. The van der Waals surface area contributed by atoms with Gasteiger partial charge in [0.15, 0.2) is 0 Å². The Bertz CT molecular complexity index is 175. The van der Waals surface area contributed by atoms with Crippen molar-refractivity contribution in [1.29, 1.82) is 0 Å². The first-order valence-corrected chi connectivity index (χ1v) is 4.15. The van der Waals surface area contributed by atoms with Crippen LogP contribution in [0, 0.1) is 5.41 Å². The third-order valence-corrected chi connectivity index (χ3v) is 1.99. The van der Waals surface area contributed by atoms with Gasteiger partial charge in [-0.15, -0.1) is 0 Å². The van der Waals surface area contributed by atoms with Crippen molar-refractivity contribution in [1.82, 2.24) is 4.90 Å². The number of carbonyl (C=O) groups excluding carboxylic acids is 2. The number of amides is 1. The van der Waals surface area contributed by atoms with Gasteiger partial charge in [0.25, 0.3) is 0 Å². The fourth-order valence-corrected chi connectivity index (χ4v) is 0.956. The van der Waals surface area contributed by atoms with E-state index in [1.165, 1.54) is 0 Å². The van der Waals surface area contributed by atoms with Gasteiger partial charge in [0.05, 0.1) is 5.41 Å². The van der Waals surface area contributed by atoms with Gasteiger partial charge in [-0.05, 0) is 6.92 Å². The fourth-order valence-electron chi connectivity index (χ4n) is 0.956. The van der Waals surface area contributed by atoms with Gasteiger partial charge in [-0.3, -0.25) is 4.79 Å². The Morgan fingerprint density at radius 3 is 2.33 bits per heavy atom. The highest BCUT2D eigenvalue weighted by Gasteiger charge is 2.29. The molecule has 12 heavy (non-hydrogen) atoms. The van der Waals surface area contributed by atoms with Crippen LogP contribution in [0.2, 0.25) is 0 Å². The molecule has 1 amide bonds. The largest absolute Gasteiger partial charge is 0.346 e. The highest BCUT2D eigenvalue weighted by Crippen LogP contribution is 2.21. The Balaban J connectivity index is 4.33. The Morgan fingerprint density at radius 1 is 1.50 bits per heavy atom. The van der Waals surface area contributed by atoms with E-state index in [2.05, 4.69) is 0 Å². The second-order valence-corrected chi connectivity index (χ2v) is 3.57. The van der Waals surface area contributed by atoms with Gasteiger partial charge >= 0.3 is 0 Å². The van der Waals surface area contributed by atoms with Crippen LogP contribution in [-0.4, -0.2) is 30.7 Å². The highest BCUT2D eigenvalue weighted by atomic mass is 16.2. The Morgan fingerprint density at radius 2 is 2.00 bits per heavy atom. The number of carbonyl (C=O) groups is 2. The van der Waals surface area contributed by atoms with Crippen molar-refractivity contribution in [2.24, 2.45) is 5.41 Å². The van der Waals surface area contributed by atoms with Gasteiger partial charge in [-0.2, -0.15) is 0 Å². The fraction of sp³-hybridized carbons (Fsp3) is 0.778. The zero-order valence-electron chi connectivity index (χ0n) is 8.26. The molecule has 0 saturated carbocycles. The maximum absolute atomic E-state index is 11.6. The van der Waals surface area contributed by atoms with Crippen LogP contribution in [0.4, 0.5) is 0 Å². The molecule has 0 atom stereocenters. The summed E-state index contributed by atoms with van der Waals surface area (Å²) < 4.78 is 0. The van der Waals surface area contributed by atoms with Gasteiger partial charge in [0.2, 0.25) is 5.91 Å². The molecule has 3 nitrogen and oxygen atoms in total. The Hall–Kier alpha value is -0.860. The number of nitrogens with zero attached hydrogens (tertiary/aromatic N) is 1. The molecule has 70 valence electrons. The topological polar surface area (TPSA) is 37.4 Å². The molecule has 0 N–H and O–H groups in total. The number of aldehydes is 1. The lowest BCUT2D eigenvalue weighted by Gasteiger charge is -2.26. The lowest BCUT2D eigenvalue weighted by atomic mass is 9.88. The molecule has 3 heteroatoms. The average molecular weight is 171 g/mol. The molecule has 0 aromatic carbocycles. The van der Waals surface area contributed by atoms with E-state index in [1.807, 2.05) is 6.92 Å². The van der Waals surface area contributed by atoms with E-state index in [0.29, 0.717) is 6.54 Å². The molecule has 0 aliphatic heterocycles. The summed E-state index contributed by atoms with van der Waals surface area (Å²) >= 11 is 0. The van der Waals surface area contributed by atoms with Gasteiger partial charge in [0.1, 0.15) is 6.29 Å². The second-order valence-electron chi connectivity index (χ2n) is 3.57. The smallest absolute Gasteiger partial charge is 0.228 e. The summed E-state index contributed by atoms with van der Waals surface area (Å²) in [7, 11) is 1.74. The van der Waals surface area contributed by atoms with E-state index in [4.69, 9.17) is 0 Å². The molecule has 0 aliphatic carbocycles. The SMILES string of the molecule is CCN(C)C(=O)C(C)(C)CC=O. The standard InChI is InChI=1S/C9H17NO2/c1-5-10(4)8(12)9(2,3)6-7-11/h7H,5-6H2,1-4H3. The van der Waals surface area contributed by atoms with Gasteiger partial charge in [-0.1, -0.05) is 13.8 Å². The first kappa shape index (κ1) is 11.1. The Labute approximate surface area is 73.7 Å². The first-order chi connectivity index (χ1) is 5.45. The molecular formula is C9H17NO2. The quantitative estimate of drug-likeness (QED) is 0.593. The van der Waals surface area contributed by atoms with Gasteiger partial charge in [-0.25, -0.2) is 0 Å². The van der Waals surface area contributed by atoms with Crippen molar-refractivity contribution in [3.05, 3.63) is 0 Å². The number of hydrogen-bond donors (Lipinski definition) is 0. The van der Waals surface area contributed by atoms with Crippen molar-refractivity contribution >= 4 is 12.2 Å². The zero-order valence-corrected chi connectivity index (χ0v) is 8.26. The van der Waals surface area contributed by atoms with E-state index in [9.17, 15) is 9.59 Å². The van der Waals surface area contributed by atoms with Gasteiger partial charge < -0.3 is 9.69 Å². The maximum Gasteiger partial charge on any atom is 0.228 e. The molecule has 0 fully saturated rings. The third kappa shape index (κ3) is 2.64. The van der Waals surface area contributed by atoms with Crippen molar-refractivity contribution in [2.75, 3.05) is 13.6 Å². The predicted octanol–water partition coefficient (Wildman–Crippen LogP) is 1.08. The lowest BCUT2D eigenvalue weighted by molar-refractivity contribution is -0.140. The number of rotatable bonds is 4. The van der Waals surface area contributed by atoms with E-state index in [1.54, 1.807) is 25.8 Å². The highest BCUT2D eigenvalue weighted by molar-refractivity contribution is 5.83.